The van der Waals surface area contributed by atoms with Gasteiger partial charge in [0.1, 0.15) is 18.5 Å². The van der Waals surface area contributed by atoms with Crippen LogP contribution >= 0.6 is 0 Å². The van der Waals surface area contributed by atoms with Gasteiger partial charge >= 0.3 is 23.6 Å². The van der Waals surface area contributed by atoms with Crippen LogP contribution in [0.4, 0.5) is 5.82 Å². The molecule has 0 bridgehead atoms. The molecule has 0 radical (unpaired) electrons. The number of aromatic nitrogens is 2. The van der Waals surface area contributed by atoms with Gasteiger partial charge in [-0.15, -0.1) is 0 Å². The van der Waals surface area contributed by atoms with Crippen molar-refractivity contribution in [3.63, 3.8) is 0 Å². The predicted molar refractivity (Wildman–Crippen MR) is 162 cm³/mol. The van der Waals surface area contributed by atoms with E-state index in [2.05, 4.69) is 16.8 Å². The Morgan fingerprint density at radius 2 is 1.42 bits per heavy atom. The fraction of sp³-hybridized carbons (Fsp3) is 0.206. The molecular formula is C34H29N3O8. The Hall–Kier alpha value is -5.73. The van der Waals surface area contributed by atoms with Crippen molar-refractivity contribution in [1.82, 2.24) is 9.55 Å². The van der Waals surface area contributed by atoms with E-state index in [9.17, 15) is 19.2 Å². The van der Waals surface area contributed by atoms with Crippen LogP contribution in [0.15, 0.2) is 108 Å². The standard InChI is InChI=1S/C34H29N3O8/c1-2-3-20-34(45-32(40)25-17-11-6-12-18-25)26(22-42-30(38)23-13-7-4-8-14-23)43-29(37-21-19-27(35)36-33(37)41)28(34)44-31(39)24-15-9-5-10-16-24/h4-19,21,26,28-29H,2,22H2,1H3,(H2,35,36,41)/t26-,28+,29-,34-/m1/s1. The molecule has 1 aromatic heterocycles. The molecule has 1 aliphatic rings. The number of hydrogen-bond donors (Lipinski definition) is 1. The van der Waals surface area contributed by atoms with E-state index in [-0.39, 0.29) is 22.5 Å². The molecule has 2 heterocycles. The van der Waals surface area contributed by atoms with Gasteiger partial charge in [-0.25, -0.2) is 19.2 Å². The summed E-state index contributed by atoms with van der Waals surface area (Å²) in [5.74, 6) is 3.52. The smallest absolute Gasteiger partial charge is 0.351 e. The number of esters is 3. The first-order valence-corrected chi connectivity index (χ1v) is 14.1. The number of rotatable bonds is 8. The highest BCUT2D eigenvalue weighted by Crippen LogP contribution is 2.42. The molecule has 45 heavy (non-hydrogen) atoms. The Morgan fingerprint density at radius 1 is 0.867 bits per heavy atom. The Labute approximate surface area is 258 Å². The van der Waals surface area contributed by atoms with Gasteiger partial charge in [0, 0.05) is 12.6 Å². The van der Waals surface area contributed by atoms with Gasteiger partial charge in [-0.2, -0.15) is 4.98 Å². The maximum Gasteiger partial charge on any atom is 0.351 e. The van der Waals surface area contributed by atoms with Gasteiger partial charge in [0.05, 0.1) is 16.7 Å². The van der Waals surface area contributed by atoms with Crippen LogP contribution in [0, 0.1) is 11.8 Å². The van der Waals surface area contributed by atoms with Crippen molar-refractivity contribution in [3.05, 3.63) is 130 Å². The molecule has 0 aliphatic carbocycles. The second kappa shape index (κ2) is 13.7. The third kappa shape index (κ3) is 6.76. The van der Waals surface area contributed by atoms with E-state index in [1.807, 2.05) is 0 Å². The number of nitrogens with zero attached hydrogens (tertiary/aromatic N) is 2. The molecule has 228 valence electrons. The van der Waals surface area contributed by atoms with E-state index in [1.54, 1.807) is 97.9 Å². The quantitative estimate of drug-likeness (QED) is 0.178. The lowest BCUT2D eigenvalue weighted by Gasteiger charge is -2.33. The van der Waals surface area contributed by atoms with E-state index in [4.69, 9.17) is 24.7 Å². The minimum atomic E-state index is -2.06. The van der Waals surface area contributed by atoms with Gasteiger partial charge in [0.2, 0.25) is 11.7 Å². The number of nitrogen functional groups attached to an aromatic ring is 1. The average Bonchev–Trinajstić information content (AvgIpc) is 3.35. The molecule has 3 aromatic carbocycles. The minimum absolute atomic E-state index is 0.0482. The number of anilines is 1. The fourth-order valence-electron chi connectivity index (χ4n) is 4.76. The molecule has 4 aromatic rings. The first kappa shape index (κ1) is 30.7. The van der Waals surface area contributed by atoms with Crippen LogP contribution in [0.5, 0.6) is 0 Å². The van der Waals surface area contributed by atoms with Crippen molar-refractivity contribution >= 4 is 23.7 Å². The summed E-state index contributed by atoms with van der Waals surface area (Å²) < 4.78 is 25.1. The molecule has 1 saturated heterocycles. The second-order valence-electron chi connectivity index (χ2n) is 9.92. The van der Waals surface area contributed by atoms with Crippen LogP contribution in [0.2, 0.25) is 0 Å². The zero-order valence-corrected chi connectivity index (χ0v) is 24.2. The lowest BCUT2D eigenvalue weighted by atomic mass is 9.91. The van der Waals surface area contributed by atoms with Crippen LogP contribution < -0.4 is 11.4 Å². The minimum Gasteiger partial charge on any atom is -0.459 e. The molecule has 0 spiro atoms. The van der Waals surface area contributed by atoms with E-state index in [1.165, 1.54) is 12.3 Å². The maximum absolute atomic E-state index is 13.6. The van der Waals surface area contributed by atoms with Crippen LogP contribution in [0.25, 0.3) is 0 Å². The summed E-state index contributed by atoms with van der Waals surface area (Å²) in [5, 5.41) is 0. The lowest BCUT2D eigenvalue weighted by Crippen LogP contribution is -2.54. The van der Waals surface area contributed by atoms with Gasteiger partial charge < -0.3 is 24.7 Å². The van der Waals surface area contributed by atoms with Crippen LogP contribution in [-0.4, -0.2) is 51.9 Å². The summed E-state index contributed by atoms with van der Waals surface area (Å²) in [6.45, 7) is 1.29. The van der Waals surface area contributed by atoms with Gasteiger partial charge in [0.15, 0.2) is 6.23 Å². The Morgan fingerprint density at radius 3 is 1.98 bits per heavy atom. The van der Waals surface area contributed by atoms with Crippen LogP contribution in [0.3, 0.4) is 0 Å². The Balaban J connectivity index is 1.63. The van der Waals surface area contributed by atoms with Crippen LogP contribution in [0.1, 0.15) is 50.6 Å². The van der Waals surface area contributed by atoms with Crippen molar-refractivity contribution in [2.24, 2.45) is 0 Å². The monoisotopic (exact) mass is 607 g/mol. The topological polar surface area (TPSA) is 149 Å². The lowest BCUT2D eigenvalue weighted by molar-refractivity contribution is -0.0785. The fourth-order valence-corrected chi connectivity index (χ4v) is 4.76. The van der Waals surface area contributed by atoms with Crippen molar-refractivity contribution in [1.29, 1.82) is 0 Å². The van der Waals surface area contributed by atoms with Crippen LogP contribution in [-0.2, 0) is 18.9 Å². The molecule has 11 heteroatoms. The molecule has 5 rings (SSSR count). The zero-order valence-electron chi connectivity index (χ0n) is 24.2. The molecule has 1 aliphatic heterocycles. The molecule has 0 amide bonds. The number of carbonyl (C=O) groups is 3. The Bertz CT molecular complexity index is 1780. The third-order valence-electron chi connectivity index (χ3n) is 6.94. The van der Waals surface area contributed by atoms with Gasteiger partial charge in [-0.05, 0) is 48.4 Å². The molecular weight excluding hydrogens is 578 g/mol. The summed E-state index contributed by atoms with van der Waals surface area (Å²) in [5.41, 5.74) is 3.48. The van der Waals surface area contributed by atoms with E-state index in [0.29, 0.717) is 6.42 Å². The summed E-state index contributed by atoms with van der Waals surface area (Å²) >= 11 is 0. The van der Waals surface area contributed by atoms with Crippen molar-refractivity contribution in [2.45, 2.75) is 37.4 Å². The van der Waals surface area contributed by atoms with Crippen molar-refractivity contribution in [2.75, 3.05) is 12.3 Å². The van der Waals surface area contributed by atoms with Gasteiger partial charge in [-0.1, -0.05) is 67.4 Å². The molecule has 1 fully saturated rings. The van der Waals surface area contributed by atoms with Gasteiger partial charge in [-0.3, -0.25) is 4.57 Å². The largest absolute Gasteiger partial charge is 0.459 e. The van der Waals surface area contributed by atoms with E-state index >= 15 is 0 Å². The highest BCUT2D eigenvalue weighted by molar-refractivity contribution is 5.91. The predicted octanol–water partition coefficient (Wildman–Crippen LogP) is 3.81. The summed E-state index contributed by atoms with van der Waals surface area (Å²) in [6.07, 6.45) is -2.67. The highest BCUT2D eigenvalue weighted by atomic mass is 16.7. The second-order valence-corrected chi connectivity index (χ2v) is 9.92. The molecule has 11 nitrogen and oxygen atoms in total. The Kier molecular flexibility index (Phi) is 9.36. The molecule has 0 saturated carbocycles. The number of nitrogens with two attached hydrogens (primary N) is 1. The molecule has 4 atom stereocenters. The summed E-state index contributed by atoms with van der Waals surface area (Å²) in [4.78, 5) is 57.0. The zero-order chi connectivity index (χ0) is 31.8. The highest BCUT2D eigenvalue weighted by Gasteiger charge is 2.63. The first-order valence-electron chi connectivity index (χ1n) is 14.1. The normalized spacial score (nSPS) is 20.3. The van der Waals surface area contributed by atoms with E-state index < -0.39 is 54.2 Å². The van der Waals surface area contributed by atoms with E-state index in [0.717, 1.165) is 4.57 Å². The maximum atomic E-state index is 13.6. The van der Waals surface area contributed by atoms with Gasteiger partial charge in [0.25, 0.3) is 0 Å². The third-order valence-corrected chi connectivity index (χ3v) is 6.94. The number of carbonyl (C=O) groups excluding carboxylic acids is 3. The summed E-state index contributed by atoms with van der Waals surface area (Å²) in [7, 11) is 0. The summed E-state index contributed by atoms with van der Waals surface area (Å²) in [6, 6.07) is 25.8. The molecule has 2 N–H and O–H groups in total. The van der Waals surface area contributed by atoms with Crippen molar-refractivity contribution in [3.8, 4) is 11.8 Å². The average molecular weight is 608 g/mol. The van der Waals surface area contributed by atoms with Crippen molar-refractivity contribution < 1.29 is 33.3 Å². The number of ether oxygens (including phenoxy) is 4. The molecule has 0 unspecified atom stereocenters. The first-order chi connectivity index (χ1) is 21.8. The number of hydrogen-bond acceptors (Lipinski definition) is 10. The number of benzene rings is 3. The SMILES string of the molecule is CCC#C[C@@]1(OC(=O)c2ccccc2)[C@@H](COC(=O)c2ccccc2)O[C@@H](n2ccc(N)nc2=O)[C@@H]1OC(=O)c1ccccc1.